The van der Waals surface area contributed by atoms with Gasteiger partial charge in [0.25, 0.3) is 0 Å². The molecule has 0 spiro atoms. The van der Waals surface area contributed by atoms with Crippen LogP contribution in [0.4, 0.5) is 10.5 Å². The first kappa shape index (κ1) is 16.8. The maximum Gasteiger partial charge on any atom is 0.328 e. The number of ether oxygens (including phenoxy) is 2. The summed E-state index contributed by atoms with van der Waals surface area (Å²) in [6.07, 6.45) is 0. The molecule has 0 unspecified atom stereocenters. The Bertz CT molecular complexity index is 509. The van der Waals surface area contributed by atoms with Crippen LogP contribution in [0.1, 0.15) is 27.7 Å². The summed E-state index contributed by atoms with van der Waals surface area (Å²) >= 11 is 0. The Morgan fingerprint density at radius 3 is 2.38 bits per heavy atom. The zero-order valence-corrected chi connectivity index (χ0v) is 13.0. The second-order valence-corrected chi connectivity index (χ2v) is 5.55. The van der Waals surface area contributed by atoms with Crippen LogP contribution in [0.3, 0.4) is 0 Å². The Hall–Kier alpha value is -2.24. The molecule has 1 aromatic rings. The molecule has 1 atom stereocenters. The van der Waals surface area contributed by atoms with Gasteiger partial charge < -0.3 is 20.1 Å². The van der Waals surface area contributed by atoms with E-state index in [0.717, 1.165) is 0 Å². The molecule has 2 N–H and O–H groups in total. The molecular weight excluding hydrogens is 272 g/mol. The van der Waals surface area contributed by atoms with Crippen LogP contribution in [0, 0.1) is 0 Å². The van der Waals surface area contributed by atoms with E-state index in [9.17, 15) is 9.59 Å². The van der Waals surface area contributed by atoms with E-state index < -0.39 is 23.6 Å². The first-order chi connectivity index (χ1) is 9.73. The lowest BCUT2D eigenvalue weighted by Crippen LogP contribution is -2.44. The number of methoxy groups -OCH3 is 1. The van der Waals surface area contributed by atoms with Gasteiger partial charge in [-0.2, -0.15) is 0 Å². The normalized spacial score (nSPS) is 12.2. The Morgan fingerprint density at radius 1 is 1.19 bits per heavy atom. The summed E-state index contributed by atoms with van der Waals surface area (Å²) in [5.74, 6) is 0.0512. The van der Waals surface area contributed by atoms with Gasteiger partial charge in [0.2, 0.25) is 0 Å². The van der Waals surface area contributed by atoms with E-state index in [1.807, 2.05) is 0 Å². The fourth-order valence-corrected chi connectivity index (χ4v) is 1.55. The van der Waals surface area contributed by atoms with Crippen LogP contribution >= 0.6 is 0 Å². The summed E-state index contributed by atoms with van der Waals surface area (Å²) < 4.78 is 10.3. The summed E-state index contributed by atoms with van der Waals surface area (Å²) in [6.45, 7) is 6.88. The van der Waals surface area contributed by atoms with Crippen molar-refractivity contribution in [3.8, 4) is 5.75 Å². The third-order valence-electron chi connectivity index (χ3n) is 2.46. The Kier molecular flexibility index (Phi) is 5.58. The van der Waals surface area contributed by atoms with Crippen molar-refractivity contribution in [3.05, 3.63) is 24.3 Å². The van der Waals surface area contributed by atoms with Crippen LogP contribution in [0.2, 0.25) is 0 Å². The van der Waals surface area contributed by atoms with E-state index in [1.54, 1.807) is 52.0 Å². The van der Waals surface area contributed by atoms with Crippen LogP contribution in [-0.2, 0) is 9.53 Å². The average Bonchev–Trinajstić information content (AvgIpc) is 2.37. The molecule has 1 aromatic carbocycles. The standard InChI is InChI=1S/C15H22N2O4/c1-10(13(18)21-15(2,3)4)16-14(19)17-11-8-6-7-9-12(11)20-5/h6-10H,1-5H3,(H2,16,17,19)/t10-/m1/s1. The van der Waals surface area contributed by atoms with E-state index >= 15 is 0 Å². The second kappa shape index (κ2) is 6.97. The molecule has 1 rings (SSSR count). The highest BCUT2D eigenvalue weighted by Gasteiger charge is 2.23. The maximum absolute atomic E-state index is 11.9. The lowest BCUT2D eigenvalue weighted by atomic mass is 10.2. The molecule has 0 radical (unpaired) electrons. The van der Waals surface area contributed by atoms with Gasteiger partial charge in [0.1, 0.15) is 17.4 Å². The zero-order chi connectivity index (χ0) is 16.0. The molecule has 0 saturated carbocycles. The molecule has 21 heavy (non-hydrogen) atoms. The molecule has 0 aromatic heterocycles. The molecule has 0 fully saturated rings. The third kappa shape index (κ3) is 5.72. The van der Waals surface area contributed by atoms with Crippen LogP contribution in [0.5, 0.6) is 5.75 Å². The van der Waals surface area contributed by atoms with Crippen molar-refractivity contribution in [1.82, 2.24) is 5.32 Å². The fraction of sp³-hybridized carbons (Fsp3) is 0.467. The van der Waals surface area contributed by atoms with Crippen molar-refractivity contribution in [2.24, 2.45) is 0 Å². The highest BCUT2D eigenvalue weighted by molar-refractivity contribution is 5.93. The van der Waals surface area contributed by atoms with Crippen molar-refractivity contribution >= 4 is 17.7 Å². The number of benzene rings is 1. The van der Waals surface area contributed by atoms with Crippen LogP contribution in [0.15, 0.2) is 24.3 Å². The van der Waals surface area contributed by atoms with Gasteiger partial charge in [-0.05, 0) is 39.8 Å². The topological polar surface area (TPSA) is 76.7 Å². The molecule has 0 aliphatic carbocycles. The fourth-order valence-electron chi connectivity index (χ4n) is 1.55. The smallest absolute Gasteiger partial charge is 0.328 e. The van der Waals surface area contributed by atoms with E-state index in [2.05, 4.69) is 10.6 Å². The van der Waals surface area contributed by atoms with Gasteiger partial charge in [0.15, 0.2) is 0 Å². The molecule has 116 valence electrons. The van der Waals surface area contributed by atoms with Gasteiger partial charge in [-0.15, -0.1) is 0 Å². The number of anilines is 1. The monoisotopic (exact) mass is 294 g/mol. The van der Waals surface area contributed by atoms with E-state index in [-0.39, 0.29) is 0 Å². The molecule has 6 heteroatoms. The summed E-state index contributed by atoms with van der Waals surface area (Å²) in [6, 6.07) is 5.75. The number of carbonyl (C=O) groups excluding carboxylic acids is 2. The van der Waals surface area contributed by atoms with Gasteiger partial charge in [-0.25, -0.2) is 9.59 Å². The average molecular weight is 294 g/mol. The van der Waals surface area contributed by atoms with Crippen LogP contribution in [-0.4, -0.2) is 30.8 Å². The quantitative estimate of drug-likeness (QED) is 0.837. The summed E-state index contributed by atoms with van der Waals surface area (Å²) in [7, 11) is 1.52. The molecule has 0 bridgehead atoms. The first-order valence-electron chi connectivity index (χ1n) is 6.66. The second-order valence-electron chi connectivity index (χ2n) is 5.55. The van der Waals surface area contributed by atoms with Gasteiger partial charge in [-0.1, -0.05) is 12.1 Å². The third-order valence-corrected chi connectivity index (χ3v) is 2.46. The number of amides is 2. The van der Waals surface area contributed by atoms with Crippen molar-refractivity contribution < 1.29 is 19.1 Å². The molecule has 6 nitrogen and oxygen atoms in total. The predicted molar refractivity (Wildman–Crippen MR) is 80.5 cm³/mol. The summed E-state index contributed by atoms with van der Waals surface area (Å²) in [5.41, 5.74) is -0.0690. The van der Waals surface area contributed by atoms with Gasteiger partial charge in [0, 0.05) is 0 Å². The van der Waals surface area contributed by atoms with Gasteiger partial charge in [-0.3, -0.25) is 0 Å². The maximum atomic E-state index is 11.9. The van der Waals surface area contributed by atoms with Crippen molar-refractivity contribution in [2.45, 2.75) is 39.3 Å². The number of urea groups is 1. The van der Waals surface area contributed by atoms with Crippen molar-refractivity contribution in [2.75, 3.05) is 12.4 Å². The van der Waals surface area contributed by atoms with Gasteiger partial charge >= 0.3 is 12.0 Å². The Morgan fingerprint density at radius 2 is 1.81 bits per heavy atom. The molecule has 0 aliphatic rings. The predicted octanol–water partition coefficient (Wildman–Crippen LogP) is 2.55. The van der Waals surface area contributed by atoms with E-state index in [0.29, 0.717) is 11.4 Å². The zero-order valence-electron chi connectivity index (χ0n) is 13.0. The number of hydrogen-bond acceptors (Lipinski definition) is 4. The first-order valence-corrected chi connectivity index (χ1v) is 6.66. The number of rotatable bonds is 4. The number of nitrogens with one attached hydrogen (secondary N) is 2. The molecular formula is C15H22N2O4. The molecule has 0 aliphatic heterocycles. The highest BCUT2D eigenvalue weighted by atomic mass is 16.6. The summed E-state index contributed by atoms with van der Waals surface area (Å²) in [5, 5.41) is 5.15. The van der Waals surface area contributed by atoms with Crippen molar-refractivity contribution in [3.63, 3.8) is 0 Å². The van der Waals surface area contributed by atoms with Crippen LogP contribution in [0.25, 0.3) is 0 Å². The molecule has 0 saturated heterocycles. The molecule has 2 amide bonds. The highest BCUT2D eigenvalue weighted by Crippen LogP contribution is 2.22. The number of para-hydroxylation sites is 2. The minimum Gasteiger partial charge on any atom is -0.495 e. The Labute approximate surface area is 124 Å². The number of esters is 1. The molecule has 0 heterocycles. The van der Waals surface area contributed by atoms with Crippen molar-refractivity contribution in [1.29, 1.82) is 0 Å². The lowest BCUT2D eigenvalue weighted by molar-refractivity contribution is -0.156. The van der Waals surface area contributed by atoms with Crippen LogP contribution < -0.4 is 15.4 Å². The number of carbonyl (C=O) groups is 2. The minimum atomic E-state index is -0.751. The Balaban J connectivity index is 2.59. The minimum absolute atomic E-state index is 0.488. The SMILES string of the molecule is COc1ccccc1NC(=O)N[C@H](C)C(=O)OC(C)(C)C. The van der Waals surface area contributed by atoms with E-state index in [1.165, 1.54) is 7.11 Å². The van der Waals surface area contributed by atoms with Gasteiger partial charge in [0.05, 0.1) is 12.8 Å². The number of hydrogen-bond donors (Lipinski definition) is 2. The lowest BCUT2D eigenvalue weighted by Gasteiger charge is -2.22. The largest absolute Gasteiger partial charge is 0.495 e. The van der Waals surface area contributed by atoms with E-state index in [4.69, 9.17) is 9.47 Å². The summed E-state index contributed by atoms with van der Waals surface area (Å²) in [4.78, 5) is 23.7.